The van der Waals surface area contributed by atoms with E-state index in [2.05, 4.69) is 53.9 Å². The summed E-state index contributed by atoms with van der Waals surface area (Å²) < 4.78 is 11.8. The van der Waals surface area contributed by atoms with Crippen LogP contribution in [-0.4, -0.2) is 109 Å². The van der Waals surface area contributed by atoms with E-state index in [4.69, 9.17) is 9.47 Å². The summed E-state index contributed by atoms with van der Waals surface area (Å²) in [7, 11) is 0. The third-order valence-corrected chi connectivity index (χ3v) is 11.3. The van der Waals surface area contributed by atoms with Crippen LogP contribution in [0.2, 0.25) is 0 Å². The van der Waals surface area contributed by atoms with E-state index in [-0.39, 0.29) is 18.5 Å². The van der Waals surface area contributed by atoms with Crippen molar-refractivity contribution in [3.63, 3.8) is 0 Å². The predicted octanol–water partition coefficient (Wildman–Crippen LogP) is 0.894. The number of ether oxygens (including phenoxy) is 2. The van der Waals surface area contributed by atoms with Crippen LogP contribution in [0.4, 0.5) is 0 Å². The number of hydrogen-bond acceptors (Lipinski definition) is 9. The average molecular weight is 563 g/mol. The van der Waals surface area contributed by atoms with Crippen LogP contribution in [0.15, 0.2) is 0 Å². The fourth-order valence-electron chi connectivity index (χ4n) is 6.47. The first-order chi connectivity index (χ1) is 16.6. The van der Waals surface area contributed by atoms with Gasteiger partial charge in [-0.2, -0.15) is 11.8 Å². The van der Waals surface area contributed by atoms with Gasteiger partial charge in [0.1, 0.15) is 6.29 Å². The van der Waals surface area contributed by atoms with Crippen molar-refractivity contribution in [3.8, 4) is 0 Å². The van der Waals surface area contributed by atoms with Gasteiger partial charge in [0.15, 0.2) is 0 Å². The van der Waals surface area contributed by atoms with Gasteiger partial charge in [0, 0.05) is 42.3 Å². The monoisotopic (exact) mass is 561 g/mol. The highest BCUT2D eigenvalue weighted by Gasteiger charge is 2.37. The van der Waals surface area contributed by atoms with Crippen molar-refractivity contribution < 1.29 is 14.6 Å². The highest BCUT2D eigenvalue weighted by Crippen LogP contribution is 2.38. The zero-order valence-corrected chi connectivity index (χ0v) is 22.7. The van der Waals surface area contributed by atoms with Crippen molar-refractivity contribution in [1.29, 1.82) is 0 Å². The molecule has 0 bridgehead atoms. The van der Waals surface area contributed by atoms with E-state index in [1.54, 1.807) is 0 Å². The maximum atomic E-state index is 10.8. The Hall–Kier alpha value is 0.510. The third kappa shape index (κ3) is 7.08. The van der Waals surface area contributed by atoms with Gasteiger partial charge in [0.2, 0.25) is 0 Å². The van der Waals surface area contributed by atoms with Crippen LogP contribution in [0.1, 0.15) is 38.5 Å². The average Bonchev–Trinajstić information content (AvgIpc) is 3.53. The van der Waals surface area contributed by atoms with E-state index in [1.807, 2.05) is 0 Å². The molecule has 5 N–H and O–H groups in total. The Bertz CT molecular complexity index is 633. The van der Waals surface area contributed by atoms with E-state index in [9.17, 15) is 5.11 Å². The van der Waals surface area contributed by atoms with Crippen LogP contribution in [0.25, 0.3) is 0 Å². The van der Waals surface area contributed by atoms with Crippen LogP contribution < -0.4 is 21.3 Å². The van der Waals surface area contributed by atoms with Crippen LogP contribution in [0.3, 0.4) is 0 Å². The second-order valence-electron chi connectivity index (χ2n) is 10.9. The van der Waals surface area contributed by atoms with Gasteiger partial charge in [-0.15, -0.1) is 0 Å². The minimum Gasteiger partial charge on any atom is -0.390 e. The van der Waals surface area contributed by atoms with Crippen LogP contribution in [0.5, 0.6) is 0 Å². The van der Waals surface area contributed by atoms with E-state index in [1.165, 1.54) is 31.4 Å². The van der Waals surface area contributed by atoms with Gasteiger partial charge in [-0.05, 0) is 69.2 Å². The molecule has 0 amide bonds. The van der Waals surface area contributed by atoms with E-state index >= 15 is 0 Å². The number of β-amino-alcohol motifs (C(OH)–C–C–N with tert-alkyl or cyclic N) is 1. The fraction of sp³-hybridized carbons (Fsp3) is 1.00. The number of thioether (sulfide) groups is 1. The molecule has 0 spiro atoms. The molecule has 8 unspecified atom stereocenters. The summed E-state index contributed by atoms with van der Waals surface area (Å²) in [6, 6.07) is 0.522. The molecule has 10 heteroatoms. The summed E-state index contributed by atoms with van der Waals surface area (Å²) in [4.78, 5) is 3.10. The highest BCUT2D eigenvalue weighted by molar-refractivity contribution is 9.09. The number of aliphatic hydroxyl groups is 1. The Balaban J connectivity index is 0.982. The molecule has 0 radical (unpaired) electrons. The molecule has 4 heterocycles. The molecule has 1 saturated carbocycles. The first-order valence-corrected chi connectivity index (χ1v) is 15.4. The number of hydrogen-bond donors (Lipinski definition) is 5. The lowest BCUT2D eigenvalue weighted by Gasteiger charge is -2.44. The quantitative estimate of drug-likeness (QED) is 0.263. The second kappa shape index (κ2) is 12.8. The standard InChI is InChI=1S/C24H44BrN5O3S/c25-21-5-8-34-23(21)22-3-6-27-24(29-22)28-10-18(31)13-30-7-4-16-9-19(2-1-17(16)12-30)32-14-20-11-26-15-33-20/h16-24,26-29,31H,1-15H2/t16?,17?,18-,19?,20?,21?,22?,23?,24?/m0/s1. The van der Waals surface area contributed by atoms with E-state index in [0.29, 0.717) is 35.5 Å². The maximum absolute atomic E-state index is 10.8. The molecule has 4 saturated heterocycles. The predicted molar refractivity (Wildman–Crippen MR) is 140 cm³/mol. The molecule has 0 aromatic rings. The molecule has 8 nitrogen and oxygen atoms in total. The summed E-state index contributed by atoms with van der Waals surface area (Å²) >= 11 is 5.95. The van der Waals surface area contributed by atoms with Gasteiger partial charge in [-0.25, -0.2) is 0 Å². The molecule has 196 valence electrons. The normalized spacial score (nSPS) is 42.5. The third-order valence-electron chi connectivity index (χ3n) is 8.38. The number of nitrogens with one attached hydrogen (secondary N) is 4. The topological polar surface area (TPSA) is 90.1 Å². The molecule has 9 atom stereocenters. The summed E-state index contributed by atoms with van der Waals surface area (Å²) in [5.41, 5.74) is 0. The van der Waals surface area contributed by atoms with Crippen LogP contribution >= 0.6 is 27.7 Å². The number of rotatable bonds is 9. The number of piperidine rings is 1. The molecule has 0 aromatic carbocycles. The number of nitrogens with zero attached hydrogens (tertiary/aromatic N) is 1. The first kappa shape index (κ1) is 26.1. The number of fused-ring (bicyclic) bond motifs is 1. The SMILES string of the molecule is O[C@@H](CNC1NCCC(C2SCCC2Br)N1)CN1CCC2CC(OCC3CNCO3)CCC2C1. The minimum atomic E-state index is -0.343. The molecule has 5 rings (SSSR count). The lowest BCUT2D eigenvalue weighted by atomic mass is 9.74. The number of aliphatic hydroxyl groups excluding tert-OH is 1. The minimum absolute atomic E-state index is 0.0840. The number of halogens is 1. The van der Waals surface area contributed by atoms with Crippen LogP contribution in [-0.2, 0) is 9.47 Å². The molecule has 34 heavy (non-hydrogen) atoms. The van der Waals surface area contributed by atoms with E-state index < -0.39 is 0 Å². The Morgan fingerprint density at radius 2 is 2.15 bits per heavy atom. The van der Waals surface area contributed by atoms with Crippen molar-refractivity contribution in [2.45, 2.75) is 79.2 Å². The van der Waals surface area contributed by atoms with E-state index in [0.717, 1.165) is 64.0 Å². The maximum Gasteiger partial charge on any atom is 0.112 e. The largest absolute Gasteiger partial charge is 0.390 e. The fourth-order valence-corrected chi connectivity index (χ4v) is 9.28. The van der Waals surface area contributed by atoms with Gasteiger partial charge < -0.3 is 19.5 Å². The Morgan fingerprint density at radius 1 is 1.21 bits per heavy atom. The molecule has 5 aliphatic rings. The number of alkyl halides is 1. The van der Waals surface area contributed by atoms with Crippen LogP contribution in [0, 0.1) is 11.8 Å². The summed E-state index contributed by atoms with van der Waals surface area (Å²) in [5.74, 6) is 2.77. The van der Waals surface area contributed by atoms with Gasteiger partial charge in [-0.3, -0.25) is 21.3 Å². The summed E-state index contributed by atoms with van der Waals surface area (Å²) in [6.07, 6.45) is 7.61. The summed E-state index contributed by atoms with van der Waals surface area (Å²) in [5, 5.41) is 25.4. The molecular formula is C24H44BrN5O3S. The van der Waals surface area contributed by atoms with Gasteiger partial charge in [0.25, 0.3) is 0 Å². The van der Waals surface area contributed by atoms with Crippen molar-refractivity contribution in [2.75, 3.05) is 58.4 Å². The molecule has 1 aliphatic carbocycles. The van der Waals surface area contributed by atoms with Crippen molar-refractivity contribution in [3.05, 3.63) is 0 Å². The van der Waals surface area contributed by atoms with Crippen molar-refractivity contribution in [1.82, 2.24) is 26.2 Å². The lowest BCUT2D eigenvalue weighted by molar-refractivity contribution is -0.0593. The molecule has 5 fully saturated rings. The Kier molecular flexibility index (Phi) is 9.87. The smallest absolute Gasteiger partial charge is 0.112 e. The van der Waals surface area contributed by atoms with Crippen molar-refractivity contribution >= 4 is 27.7 Å². The molecule has 4 aliphatic heterocycles. The zero-order valence-electron chi connectivity index (χ0n) is 20.3. The number of likely N-dealkylation sites (tertiary alicyclic amines) is 1. The second-order valence-corrected chi connectivity index (χ2v) is 13.3. The summed E-state index contributed by atoms with van der Waals surface area (Å²) in [6.45, 7) is 6.91. The molecular weight excluding hydrogens is 518 g/mol. The van der Waals surface area contributed by atoms with Crippen molar-refractivity contribution in [2.24, 2.45) is 11.8 Å². The lowest BCUT2D eigenvalue weighted by Crippen LogP contribution is -2.64. The Labute approximate surface area is 217 Å². The molecule has 0 aromatic heterocycles. The first-order valence-electron chi connectivity index (χ1n) is 13.5. The van der Waals surface area contributed by atoms with Gasteiger partial charge in [0.05, 0.1) is 31.6 Å². The highest BCUT2D eigenvalue weighted by atomic mass is 79.9. The zero-order chi connectivity index (χ0) is 23.3. The van der Waals surface area contributed by atoms with Gasteiger partial charge >= 0.3 is 0 Å². The van der Waals surface area contributed by atoms with Gasteiger partial charge in [-0.1, -0.05) is 15.9 Å². The Morgan fingerprint density at radius 3 is 2.97 bits per heavy atom.